The zero-order valence-electron chi connectivity index (χ0n) is 13.5. The van der Waals surface area contributed by atoms with Crippen molar-refractivity contribution in [2.24, 2.45) is 0 Å². The standard InChI is InChI=1S/C18H10F2N4O2S/c19-13-3-6-16(15(20)7-13)22-9-12(8-21)18-23-17(10-27-18)11-1-4-14(5-2-11)24(25)26/h1-7,9-10,22H/b12-9-. The number of allylic oxidation sites excluding steroid dienone is 1. The van der Waals surface area contributed by atoms with Crippen molar-refractivity contribution in [3.63, 3.8) is 0 Å². The number of thiazole rings is 1. The van der Waals surface area contributed by atoms with Gasteiger partial charge in [0, 0.05) is 35.3 Å². The van der Waals surface area contributed by atoms with Gasteiger partial charge in [0.15, 0.2) is 0 Å². The predicted octanol–water partition coefficient (Wildman–Crippen LogP) is 4.97. The Morgan fingerprint density at radius 2 is 2.00 bits per heavy atom. The molecule has 0 aliphatic rings. The van der Waals surface area contributed by atoms with Crippen molar-refractivity contribution in [1.82, 2.24) is 4.98 Å². The summed E-state index contributed by atoms with van der Waals surface area (Å²) < 4.78 is 26.6. The van der Waals surface area contributed by atoms with E-state index in [9.17, 15) is 24.2 Å². The summed E-state index contributed by atoms with van der Waals surface area (Å²) in [5, 5.41) is 24.8. The molecule has 27 heavy (non-hydrogen) atoms. The first kappa shape index (κ1) is 18.2. The molecular weight excluding hydrogens is 374 g/mol. The first-order valence-corrected chi connectivity index (χ1v) is 8.38. The van der Waals surface area contributed by atoms with Crippen LogP contribution in [0.2, 0.25) is 0 Å². The van der Waals surface area contributed by atoms with Crippen LogP contribution in [0.1, 0.15) is 5.01 Å². The van der Waals surface area contributed by atoms with E-state index in [1.54, 1.807) is 17.5 Å². The maximum Gasteiger partial charge on any atom is 0.269 e. The van der Waals surface area contributed by atoms with Gasteiger partial charge >= 0.3 is 0 Å². The van der Waals surface area contributed by atoms with Gasteiger partial charge in [-0.25, -0.2) is 13.8 Å². The fourth-order valence-corrected chi connectivity index (χ4v) is 2.98. The number of non-ortho nitro benzene ring substituents is 1. The van der Waals surface area contributed by atoms with Gasteiger partial charge in [0.1, 0.15) is 28.3 Å². The predicted molar refractivity (Wildman–Crippen MR) is 97.8 cm³/mol. The Bertz CT molecular complexity index is 1070. The Balaban J connectivity index is 1.82. The van der Waals surface area contributed by atoms with Gasteiger partial charge in [0.05, 0.1) is 16.3 Å². The zero-order valence-corrected chi connectivity index (χ0v) is 14.3. The third-order valence-corrected chi connectivity index (χ3v) is 4.41. The van der Waals surface area contributed by atoms with Gasteiger partial charge < -0.3 is 5.32 Å². The molecule has 134 valence electrons. The molecule has 3 rings (SSSR count). The molecule has 0 saturated carbocycles. The Kier molecular flexibility index (Phi) is 5.19. The molecule has 2 aromatic carbocycles. The lowest BCUT2D eigenvalue weighted by Crippen LogP contribution is -1.94. The van der Waals surface area contributed by atoms with Crippen LogP contribution in [0, 0.1) is 33.1 Å². The Labute approximate surface area is 156 Å². The maximum absolute atomic E-state index is 13.6. The summed E-state index contributed by atoms with van der Waals surface area (Å²) in [5.74, 6) is -1.48. The number of rotatable bonds is 5. The average Bonchev–Trinajstić information content (AvgIpc) is 3.14. The van der Waals surface area contributed by atoms with Gasteiger partial charge in [0.2, 0.25) is 0 Å². The van der Waals surface area contributed by atoms with E-state index >= 15 is 0 Å². The highest BCUT2D eigenvalue weighted by molar-refractivity contribution is 7.11. The first-order chi connectivity index (χ1) is 13.0. The number of nitro groups is 1. The van der Waals surface area contributed by atoms with Crippen LogP contribution in [0.5, 0.6) is 0 Å². The normalized spacial score (nSPS) is 11.1. The minimum Gasteiger partial charge on any atom is -0.358 e. The highest BCUT2D eigenvalue weighted by Crippen LogP contribution is 2.27. The van der Waals surface area contributed by atoms with Crippen molar-refractivity contribution in [2.45, 2.75) is 0 Å². The molecule has 0 bridgehead atoms. The molecule has 0 spiro atoms. The van der Waals surface area contributed by atoms with Crippen molar-refractivity contribution in [1.29, 1.82) is 5.26 Å². The van der Waals surface area contributed by atoms with Crippen LogP contribution < -0.4 is 5.32 Å². The number of halogens is 2. The SMILES string of the molecule is N#C/C(=C/Nc1ccc(F)cc1F)c1nc(-c2ccc([N+](=O)[O-])cc2)cs1. The van der Waals surface area contributed by atoms with E-state index < -0.39 is 16.6 Å². The zero-order chi connectivity index (χ0) is 19.4. The number of nitriles is 1. The summed E-state index contributed by atoms with van der Waals surface area (Å²) in [6, 6.07) is 10.9. The molecule has 1 aromatic heterocycles. The molecule has 1 heterocycles. The lowest BCUT2D eigenvalue weighted by atomic mass is 10.1. The van der Waals surface area contributed by atoms with Crippen molar-refractivity contribution in [3.8, 4) is 17.3 Å². The van der Waals surface area contributed by atoms with Crippen molar-refractivity contribution >= 4 is 28.3 Å². The van der Waals surface area contributed by atoms with Gasteiger partial charge in [-0.05, 0) is 24.3 Å². The summed E-state index contributed by atoms with van der Waals surface area (Å²) >= 11 is 1.20. The first-order valence-electron chi connectivity index (χ1n) is 7.50. The van der Waals surface area contributed by atoms with E-state index in [0.29, 0.717) is 16.3 Å². The second-order valence-corrected chi connectivity index (χ2v) is 6.14. The van der Waals surface area contributed by atoms with E-state index in [1.165, 1.54) is 35.7 Å². The topological polar surface area (TPSA) is 91.8 Å². The Morgan fingerprint density at radius 1 is 1.26 bits per heavy atom. The highest BCUT2D eigenvalue weighted by atomic mass is 32.1. The quantitative estimate of drug-likeness (QED) is 0.381. The molecule has 0 atom stereocenters. The smallest absolute Gasteiger partial charge is 0.269 e. The third kappa shape index (κ3) is 4.13. The summed E-state index contributed by atoms with van der Waals surface area (Å²) in [5.41, 5.74) is 1.38. The molecule has 3 aromatic rings. The number of anilines is 1. The van der Waals surface area contributed by atoms with E-state index in [2.05, 4.69) is 10.3 Å². The Hall–Kier alpha value is -3.64. The number of aromatic nitrogens is 1. The fourth-order valence-electron chi connectivity index (χ4n) is 2.18. The van der Waals surface area contributed by atoms with Crippen LogP contribution in [0.25, 0.3) is 16.8 Å². The van der Waals surface area contributed by atoms with Gasteiger partial charge in [-0.1, -0.05) is 0 Å². The second-order valence-electron chi connectivity index (χ2n) is 5.28. The lowest BCUT2D eigenvalue weighted by molar-refractivity contribution is -0.384. The molecule has 0 saturated heterocycles. The van der Waals surface area contributed by atoms with Crippen LogP contribution in [0.3, 0.4) is 0 Å². The molecule has 0 fully saturated rings. The maximum atomic E-state index is 13.6. The Morgan fingerprint density at radius 3 is 2.63 bits per heavy atom. The van der Waals surface area contributed by atoms with E-state index in [-0.39, 0.29) is 16.9 Å². The summed E-state index contributed by atoms with van der Waals surface area (Å²) in [6.07, 6.45) is 1.29. The highest BCUT2D eigenvalue weighted by Gasteiger charge is 2.11. The van der Waals surface area contributed by atoms with E-state index in [0.717, 1.165) is 12.1 Å². The number of nitrogens with one attached hydrogen (secondary N) is 1. The van der Waals surface area contributed by atoms with Crippen LogP contribution in [0.4, 0.5) is 20.2 Å². The second kappa shape index (κ2) is 7.72. The molecule has 0 unspecified atom stereocenters. The van der Waals surface area contributed by atoms with Gasteiger partial charge in [-0.15, -0.1) is 11.3 Å². The van der Waals surface area contributed by atoms with Crippen LogP contribution in [0.15, 0.2) is 54.0 Å². The van der Waals surface area contributed by atoms with Crippen molar-refractivity contribution in [2.75, 3.05) is 5.32 Å². The molecule has 0 radical (unpaired) electrons. The van der Waals surface area contributed by atoms with Crippen molar-refractivity contribution < 1.29 is 13.7 Å². The minimum absolute atomic E-state index is 0.0244. The van der Waals surface area contributed by atoms with Crippen LogP contribution in [-0.2, 0) is 0 Å². The largest absolute Gasteiger partial charge is 0.358 e. The summed E-state index contributed by atoms with van der Waals surface area (Å²) in [6.45, 7) is 0. The fraction of sp³-hybridized carbons (Fsp3) is 0. The number of nitrogens with zero attached hydrogens (tertiary/aromatic N) is 3. The molecule has 0 amide bonds. The van der Waals surface area contributed by atoms with E-state index in [1.807, 2.05) is 6.07 Å². The average molecular weight is 384 g/mol. The van der Waals surface area contributed by atoms with Crippen molar-refractivity contribution in [3.05, 3.63) is 80.8 Å². The molecule has 9 heteroatoms. The van der Waals surface area contributed by atoms with Gasteiger partial charge in [-0.2, -0.15) is 5.26 Å². The monoisotopic (exact) mass is 384 g/mol. The lowest BCUT2D eigenvalue weighted by Gasteiger charge is -2.03. The number of hydrogen-bond acceptors (Lipinski definition) is 6. The summed E-state index contributed by atoms with van der Waals surface area (Å²) in [4.78, 5) is 14.6. The molecule has 1 N–H and O–H groups in total. The molecule has 0 aliphatic heterocycles. The van der Waals surface area contributed by atoms with E-state index in [4.69, 9.17) is 0 Å². The number of benzene rings is 2. The van der Waals surface area contributed by atoms with Crippen LogP contribution >= 0.6 is 11.3 Å². The molecule has 6 nitrogen and oxygen atoms in total. The summed E-state index contributed by atoms with van der Waals surface area (Å²) in [7, 11) is 0. The number of hydrogen-bond donors (Lipinski definition) is 1. The third-order valence-electron chi connectivity index (χ3n) is 3.53. The van der Waals surface area contributed by atoms with Gasteiger partial charge in [0.25, 0.3) is 5.69 Å². The molecule has 0 aliphatic carbocycles. The van der Waals surface area contributed by atoms with Gasteiger partial charge in [-0.3, -0.25) is 10.1 Å². The van der Waals surface area contributed by atoms with Crippen LogP contribution in [-0.4, -0.2) is 9.91 Å². The molecular formula is C18H10F2N4O2S. The minimum atomic E-state index is -0.783. The number of nitro benzene ring substituents is 1.